The number of piperidine rings is 1. The van der Waals surface area contributed by atoms with Crippen LogP contribution in [0.5, 0.6) is 0 Å². The summed E-state index contributed by atoms with van der Waals surface area (Å²) in [5.41, 5.74) is 0. The minimum Gasteiger partial charge on any atom is -0.396 e. The second-order valence-corrected chi connectivity index (χ2v) is 6.25. The van der Waals surface area contributed by atoms with E-state index in [0.717, 1.165) is 32.4 Å². The first-order valence-electron chi connectivity index (χ1n) is 7.33. The summed E-state index contributed by atoms with van der Waals surface area (Å²) in [7, 11) is 0. The van der Waals surface area contributed by atoms with Crippen molar-refractivity contribution < 1.29 is 26.2 Å². The largest absolute Gasteiger partial charge is 0.396 e. The van der Waals surface area contributed by atoms with Crippen LogP contribution in [0.25, 0.3) is 0 Å². The molecule has 19 heavy (non-hydrogen) atoms. The van der Waals surface area contributed by atoms with Gasteiger partial charge in [0, 0.05) is 40.3 Å². The Morgan fingerprint density at radius 1 is 1.32 bits per heavy atom. The average Bonchev–Trinajstić information content (AvgIpc) is 2.32. The second-order valence-electron chi connectivity index (χ2n) is 6.25. The second kappa shape index (κ2) is 7.85. The molecular formula is C14H26N2O2W. The van der Waals surface area contributed by atoms with Crippen LogP contribution in [0.4, 0.5) is 0 Å². The number of aliphatic hydroxyl groups excluding tert-OH is 1. The van der Waals surface area contributed by atoms with Crippen molar-refractivity contribution in [1.82, 2.24) is 4.90 Å². The zero-order valence-electron chi connectivity index (χ0n) is 12.0. The van der Waals surface area contributed by atoms with Gasteiger partial charge in [-0.15, -0.1) is 0 Å². The van der Waals surface area contributed by atoms with Gasteiger partial charge in [0.05, 0.1) is 6.04 Å². The van der Waals surface area contributed by atoms with E-state index >= 15 is 0 Å². The zero-order chi connectivity index (χ0) is 13.1. The quantitative estimate of drug-likeness (QED) is 0.671. The van der Waals surface area contributed by atoms with Crippen LogP contribution in [0.2, 0.25) is 0 Å². The average molecular weight is 438 g/mol. The summed E-state index contributed by atoms with van der Waals surface area (Å²) in [6, 6.07) is 0.688. The summed E-state index contributed by atoms with van der Waals surface area (Å²) in [6.45, 7) is 7.21. The van der Waals surface area contributed by atoms with Crippen LogP contribution in [-0.4, -0.2) is 41.8 Å². The Hall–Kier alpha value is 0.208. The monoisotopic (exact) mass is 438 g/mol. The predicted molar refractivity (Wildman–Crippen MR) is 72.3 cm³/mol. The Morgan fingerprint density at radius 2 is 2.00 bits per heavy atom. The van der Waals surface area contributed by atoms with Gasteiger partial charge >= 0.3 is 0 Å². The summed E-state index contributed by atoms with van der Waals surface area (Å²) in [4.78, 5) is 12.9. The maximum Gasteiger partial charge on any atom is 0.0926 e. The molecule has 0 bridgehead atoms. The molecule has 0 radical (unpaired) electrons. The normalized spacial score (nSPS) is 39.2. The van der Waals surface area contributed by atoms with Crippen molar-refractivity contribution in [2.45, 2.75) is 51.6 Å². The number of nitrogens with zero attached hydrogens (tertiary/aromatic N) is 2. The van der Waals surface area contributed by atoms with Gasteiger partial charge in [-0.3, -0.25) is 0 Å². The van der Waals surface area contributed by atoms with Crippen molar-refractivity contribution in [3.05, 3.63) is 4.91 Å². The standard InChI is InChI=1S/C14H26N2O2.W/c1-10-11(2)16(5-3-13(10)4-6-17)9-12-7-14(8-12)15-18;/h10-14,17H,3-9H2,1-2H3;. The molecule has 2 aliphatic rings. The van der Waals surface area contributed by atoms with Crippen molar-refractivity contribution in [3.8, 4) is 0 Å². The molecule has 0 aromatic rings. The Labute approximate surface area is 130 Å². The molecular weight excluding hydrogens is 412 g/mol. The van der Waals surface area contributed by atoms with Gasteiger partial charge in [-0.1, -0.05) is 12.1 Å². The fourth-order valence-electron chi connectivity index (χ4n) is 3.62. The maximum absolute atomic E-state index is 10.4. The molecule has 1 aliphatic heterocycles. The SMILES string of the molecule is CC1C(CCO)CCN(CC2CC(N=O)C2)C1C.[W]. The first-order chi connectivity index (χ1) is 8.65. The predicted octanol–water partition coefficient (Wildman–Crippen LogP) is 2.26. The van der Waals surface area contributed by atoms with Crippen LogP contribution in [0.15, 0.2) is 5.18 Å². The third-order valence-corrected chi connectivity index (χ3v) is 5.22. The molecule has 1 aliphatic carbocycles. The zero-order valence-corrected chi connectivity index (χ0v) is 14.9. The summed E-state index contributed by atoms with van der Waals surface area (Å²) in [6.07, 6.45) is 4.12. The molecule has 0 aromatic carbocycles. The molecule has 110 valence electrons. The van der Waals surface area contributed by atoms with Crippen molar-refractivity contribution in [2.75, 3.05) is 19.7 Å². The van der Waals surface area contributed by atoms with Crippen LogP contribution >= 0.6 is 0 Å². The van der Waals surface area contributed by atoms with Crippen LogP contribution in [0, 0.1) is 22.7 Å². The Morgan fingerprint density at radius 3 is 2.58 bits per heavy atom. The molecule has 3 atom stereocenters. The molecule has 1 heterocycles. The first kappa shape index (κ1) is 17.3. The number of nitroso groups, excluding NO2 is 1. The van der Waals surface area contributed by atoms with E-state index < -0.39 is 0 Å². The molecule has 2 fully saturated rings. The summed E-state index contributed by atoms with van der Waals surface area (Å²) in [5.74, 6) is 2.01. The van der Waals surface area contributed by atoms with Crippen molar-refractivity contribution in [2.24, 2.45) is 22.9 Å². The molecule has 5 heteroatoms. The molecule has 4 nitrogen and oxygen atoms in total. The Bertz CT molecular complexity index is 285. The third kappa shape index (κ3) is 4.09. The van der Waals surface area contributed by atoms with Crippen molar-refractivity contribution in [1.29, 1.82) is 0 Å². The molecule has 0 amide bonds. The number of hydrogen-bond donors (Lipinski definition) is 1. The van der Waals surface area contributed by atoms with Gasteiger partial charge in [0.15, 0.2) is 0 Å². The molecule has 1 N–H and O–H groups in total. The van der Waals surface area contributed by atoms with Gasteiger partial charge in [-0.2, -0.15) is 4.91 Å². The third-order valence-electron chi connectivity index (χ3n) is 5.22. The number of aliphatic hydroxyl groups is 1. The molecule has 2 rings (SSSR count). The topological polar surface area (TPSA) is 52.9 Å². The van der Waals surface area contributed by atoms with Crippen LogP contribution in [-0.2, 0) is 21.1 Å². The van der Waals surface area contributed by atoms with Gasteiger partial charge in [0.25, 0.3) is 0 Å². The number of likely N-dealkylation sites (tertiary alicyclic amines) is 1. The van der Waals surface area contributed by atoms with Crippen molar-refractivity contribution >= 4 is 0 Å². The molecule has 0 spiro atoms. The first-order valence-corrected chi connectivity index (χ1v) is 7.33. The van der Waals surface area contributed by atoms with Crippen LogP contribution in [0.1, 0.15) is 39.5 Å². The van der Waals surface area contributed by atoms with Gasteiger partial charge in [0.1, 0.15) is 0 Å². The Balaban J connectivity index is 0.00000180. The van der Waals surface area contributed by atoms with Crippen LogP contribution in [0.3, 0.4) is 0 Å². The van der Waals surface area contributed by atoms with Crippen LogP contribution < -0.4 is 0 Å². The van der Waals surface area contributed by atoms with Gasteiger partial charge in [-0.25, -0.2) is 0 Å². The minimum atomic E-state index is 0. The summed E-state index contributed by atoms with van der Waals surface area (Å²) >= 11 is 0. The summed E-state index contributed by atoms with van der Waals surface area (Å²) in [5, 5.41) is 12.2. The smallest absolute Gasteiger partial charge is 0.0926 e. The summed E-state index contributed by atoms with van der Waals surface area (Å²) < 4.78 is 0. The maximum atomic E-state index is 10.4. The van der Waals surface area contributed by atoms with E-state index in [1.807, 2.05) is 0 Å². The van der Waals surface area contributed by atoms with E-state index in [0.29, 0.717) is 30.4 Å². The van der Waals surface area contributed by atoms with Crippen molar-refractivity contribution in [3.63, 3.8) is 0 Å². The van der Waals surface area contributed by atoms with Gasteiger partial charge in [0.2, 0.25) is 0 Å². The Kier molecular flexibility index (Phi) is 7.13. The van der Waals surface area contributed by atoms with E-state index in [4.69, 9.17) is 5.11 Å². The molecule has 1 saturated carbocycles. The van der Waals surface area contributed by atoms with E-state index in [9.17, 15) is 4.91 Å². The fourth-order valence-corrected chi connectivity index (χ4v) is 3.62. The van der Waals surface area contributed by atoms with E-state index in [-0.39, 0.29) is 27.1 Å². The van der Waals surface area contributed by atoms with Gasteiger partial charge < -0.3 is 10.0 Å². The minimum absolute atomic E-state index is 0. The van der Waals surface area contributed by atoms with E-state index in [1.165, 1.54) is 6.42 Å². The van der Waals surface area contributed by atoms with E-state index in [1.54, 1.807) is 0 Å². The number of hydrogen-bond acceptors (Lipinski definition) is 4. The fraction of sp³-hybridized carbons (Fsp3) is 1.00. The molecule has 1 saturated heterocycles. The number of rotatable bonds is 5. The molecule has 0 aromatic heterocycles. The molecule has 3 unspecified atom stereocenters. The van der Waals surface area contributed by atoms with E-state index in [2.05, 4.69) is 23.9 Å². The van der Waals surface area contributed by atoms with Gasteiger partial charge in [-0.05, 0) is 56.9 Å².